The smallest absolute Gasteiger partial charge is 0.123 e. The first-order chi connectivity index (χ1) is 7.56. The Labute approximate surface area is 96.0 Å². The first-order valence-corrected chi connectivity index (χ1v) is 5.31. The highest BCUT2D eigenvalue weighted by Crippen LogP contribution is 2.25. The first-order valence-electron chi connectivity index (χ1n) is 5.31. The van der Waals surface area contributed by atoms with Crippen molar-refractivity contribution >= 4 is 5.69 Å². The predicted octanol–water partition coefficient (Wildman–Crippen LogP) is 1.93. The summed E-state index contributed by atoms with van der Waals surface area (Å²) >= 11 is 0. The summed E-state index contributed by atoms with van der Waals surface area (Å²) in [4.78, 5) is 2.02. The van der Waals surface area contributed by atoms with E-state index in [4.69, 9.17) is 10.5 Å². The van der Waals surface area contributed by atoms with E-state index in [1.165, 1.54) is 12.1 Å². The molecule has 4 heteroatoms. The van der Waals surface area contributed by atoms with Crippen molar-refractivity contribution in [3.63, 3.8) is 0 Å². The first kappa shape index (κ1) is 12.9. The number of hydrogen-bond donors (Lipinski definition) is 1. The molecular formula is C12H19FN2O. The zero-order chi connectivity index (χ0) is 12.1. The van der Waals surface area contributed by atoms with Crippen LogP contribution in [0.15, 0.2) is 18.2 Å². The number of hydrogen-bond acceptors (Lipinski definition) is 3. The van der Waals surface area contributed by atoms with Gasteiger partial charge in [-0.15, -0.1) is 0 Å². The highest BCUT2D eigenvalue weighted by atomic mass is 19.1. The van der Waals surface area contributed by atoms with Gasteiger partial charge in [0.05, 0.1) is 6.61 Å². The lowest BCUT2D eigenvalue weighted by molar-refractivity contribution is 0.206. The molecule has 0 radical (unpaired) electrons. The van der Waals surface area contributed by atoms with Gasteiger partial charge in [-0.2, -0.15) is 0 Å². The number of halogens is 1. The van der Waals surface area contributed by atoms with Crippen LogP contribution in [0.4, 0.5) is 10.1 Å². The van der Waals surface area contributed by atoms with Gasteiger partial charge >= 0.3 is 0 Å². The van der Waals surface area contributed by atoms with Gasteiger partial charge < -0.3 is 15.4 Å². The third kappa shape index (κ3) is 3.18. The molecule has 1 atom stereocenters. The van der Waals surface area contributed by atoms with Crippen LogP contribution in [0.2, 0.25) is 0 Å². The number of anilines is 1. The summed E-state index contributed by atoms with van der Waals surface area (Å²) in [5.41, 5.74) is 7.60. The lowest BCUT2D eigenvalue weighted by Crippen LogP contribution is -2.24. The normalized spacial score (nSPS) is 12.6. The predicted molar refractivity (Wildman–Crippen MR) is 64.1 cm³/mol. The van der Waals surface area contributed by atoms with Gasteiger partial charge in [-0.1, -0.05) is 0 Å². The summed E-state index contributed by atoms with van der Waals surface area (Å²) in [7, 11) is 3.60. The average molecular weight is 226 g/mol. The fourth-order valence-electron chi connectivity index (χ4n) is 1.59. The second-order valence-corrected chi connectivity index (χ2v) is 3.91. The van der Waals surface area contributed by atoms with Gasteiger partial charge in [0.2, 0.25) is 0 Å². The van der Waals surface area contributed by atoms with E-state index in [1.807, 2.05) is 18.9 Å². The fraction of sp³-hybridized carbons (Fsp3) is 0.500. The van der Waals surface area contributed by atoms with E-state index in [9.17, 15) is 4.39 Å². The maximum atomic E-state index is 13.1. The molecule has 0 bridgehead atoms. The van der Waals surface area contributed by atoms with Crippen LogP contribution in [-0.2, 0) is 4.74 Å². The Bertz CT molecular complexity index is 342. The number of rotatable bonds is 5. The standard InChI is InChI=1S/C12H19FN2O/c1-9(14)11-8-10(13)4-5-12(11)15(2)6-7-16-3/h4-5,8-9H,6-7,14H2,1-3H3/t9-/m1/s1. The Morgan fingerprint density at radius 2 is 2.19 bits per heavy atom. The van der Waals surface area contributed by atoms with Crippen LogP contribution in [0, 0.1) is 5.82 Å². The second-order valence-electron chi connectivity index (χ2n) is 3.91. The van der Waals surface area contributed by atoms with Crippen molar-refractivity contribution < 1.29 is 9.13 Å². The molecule has 0 spiro atoms. The molecule has 1 aromatic carbocycles. The van der Waals surface area contributed by atoms with E-state index in [2.05, 4.69) is 0 Å². The van der Waals surface area contributed by atoms with E-state index in [-0.39, 0.29) is 11.9 Å². The molecule has 1 aromatic rings. The SMILES string of the molecule is COCCN(C)c1ccc(F)cc1[C@@H](C)N. The van der Waals surface area contributed by atoms with Crippen molar-refractivity contribution in [1.82, 2.24) is 0 Å². The minimum absolute atomic E-state index is 0.185. The van der Waals surface area contributed by atoms with Gasteiger partial charge in [0.15, 0.2) is 0 Å². The maximum Gasteiger partial charge on any atom is 0.123 e. The van der Waals surface area contributed by atoms with Crippen LogP contribution in [0.1, 0.15) is 18.5 Å². The van der Waals surface area contributed by atoms with Crippen molar-refractivity contribution in [3.05, 3.63) is 29.6 Å². The fourth-order valence-corrected chi connectivity index (χ4v) is 1.59. The van der Waals surface area contributed by atoms with E-state index >= 15 is 0 Å². The minimum Gasteiger partial charge on any atom is -0.383 e. The van der Waals surface area contributed by atoms with Crippen LogP contribution in [0.5, 0.6) is 0 Å². The highest BCUT2D eigenvalue weighted by Gasteiger charge is 2.11. The van der Waals surface area contributed by atoms with Crippen LogP contribution in [0.25, 0.3) is 0 Å². The molecule has 90 valence electrons. The third-order valence-corrected chi connectivity index (χ3v) is 2.52. The highest BCUT2D eigenvalue weighted by molar-refractivity contribution is 5.54. The zero-order valence-electron chi connectivity index (χ0n) is 10.0. The van der Waals surface area contributed by atoms with E-state index in [0.717, 1.165) is 17.8 Å². The van der Waals surface area contributed by atoms with Gasteiger partial charge in [-0.25, -0.2) is 4.39 Å². The maximum absolute atomic E-state index is 13.1. The Balaban J connectivity index is 2.93. The Morgan fingerprint density at radius 3 is 2.75 bits per heavy atom. The number of nitrogens with two attached hydrogens (primary N) is 1. The molecule has 0 unspecified atom stereocenters. The Morgan fingerprint density at radius 1 is 1.50 bits per heavy atom. The summed E-state index contributed by atoms with van der Waals surface area (Å²) in [6.07, 6.45) is 0. The summed E-state index contributed by atoms with van der Waals surface area (Å²) < 4.78 is 18.1. The molecule has 0 aromatic heterocycles. The molecule has 0 fully saturated rings. The van der Waals surface area contributed by atoms with Crippen molar-refractivity contribution in [3.8, 4) is 0 Å². The Hall–Kier alpha value is -1.13. The molecule has 2 N–H and O–H groups in total. The number of benzene rings is 1. The molecule has 0 aliphatic carbocycles. The van der Waals surface area contributed by atoms with E-state index in [1.54, 1.807) is 13.2 Å². The molecule has 0 aliphatic rings. The van der Waals surface area contributed by atoms with Crippen LogP contribution in [-0.4, -0.2) is 27.3 Å². The van der Waals surface area contributed by atoms with Crippen molar-refractivity contribution in [2.75, 3.05) is 32.2 Å². The largest absolute Gasteiger partial charge is 0.383 e. The monoisotopic (exact) mass is 226 g/mol. The summed E-state index contributed by atoms with van der Waals surface area (Å²) in [5.74, 6) is -0.254. The molecule has 0 saturated carbocycles. The quantitative estimate of drug-likeness (QED) is 0.833. The lowest BCUT2D eigenvalue weighted by Gasteiger charge is -2.23. The van der Waals surface area contributed by atoms with Crippen LogP contribution >= 0.6 is 0 Å². The number of nitrogens with zero attached hydrogens (tertiary/aromatic N) is 1. The molecule has 0 aliphatic heterocycles. The molecular weight excluding hydrogens is 207 g/mol. The van der Waals surface area contributed by atoms with Crippen molar-refractivity contribution in [2.45, 2.75) is 13.0 Å². The van der Waals surface area contributed by atoms with Gasteiger partial charge in [-0.05, 0) is 30.7 Å². The minimum atomic E-state index is -0.254. The van der Waals surface area contributed by atoms with Gasteiger partial charge in [0, 0.05) is 32.4 Å². The molecule has 1 rings (SSSR count). The molecule has 0 heterocycles. The average Bonchev–Trinajstić information content (AvgIpc) is 2.25. The molecule has 0 saturated heterocycles. The van der Waals surface area contributed by atoms with Gasteiger partial charge in [-0.3, -0.25) is 0 Å². The van der Waals surface area contributed by atoms with Crippen molar-refractivity contribution in [2.24, 2.45) is 5.73 Å². The topological polar surface area (TPSA) is 38.5 Å². The van der Waals surface area contributed by atoms with Crippen LogP contribution in [0.3, 0.4) is 0 Å². The van der Waals surface area contributed by atoms with Crippen LogP contribution < -0.4 is 10.6 Å². The third-order valence-electron chi connectivity index (χ3n) is 2.52. The number of likely N-dealkylation sites (N-methyl/N-ethyl adjacent to an activating group) is 1. The summed E-state index contributed by atoms with van der Waals surface area (Å²) in [6, 6.07) is 4.51. The van der Waals surface area contributed by atoms with Gasteiger partial charge in [0.25, 0.3) is 0 Å². The number of ether oxygens (including phenoxy) is 1. The zero-order valence-corrected chi connectivity index (χ0v) is 10.0. The molecule has 3 nitrogen and oxygen atoms in total. The second kappa shape index (κ2) is 5.82. The van der Waals surface area contributed by atoms with E-state index < -0.39 is 0 Å². The summed E-state index contributed by atoms with van der Waals surface area (Å²) in [6.45, 7) is 3.23. The summed E-state index contributed by atoms with van der Waals surface area (Å²) in [5, 5.41) is 0. The molecule has 0 amide bonds. The van der Waals surface area contributed by atoms with E-state index in [0.29, 0.717) is 6.61 Å². The van der Waals surface area contributed by atoms with Crippen molar-refractivity contribution in [1.29, 1.82) is 0 Å². The lowest BCUT2D eigenvalue weighted by atomic mass is 10.1. The van der Waals surface area contributed by atoms with Gasteiger partial charge in [0.1, 0.15) is 5.82 Å². The number of methoxy groups -OCH3 is 1. The Kier molecular flexibility index (Phi) is 4.71. The molecule has 16 heavy (non-hydrogen) atoms.